The van der Waals surface area contributed by atoms with Gasteiger partial charge in [-0.3, -0.25) is 4.74 Å². The van der Waals surface area contributed by atoms with Crippen LogP contribution in [0.15, 0.2) is 0 Å². The lowest BCUT2D eigenvalue weighted by Crippen LogP contribution is -2.69. The fourth-order valence-electron chi connectivity index (χ4n) is 3.92. The third-order valence-corrected chi connectivity index (χ3v) is 6.07. The Morgan fingerprint density at radius 3 is 2.06 bits per heavy atom. The van der Waals surface area contributed by atoms with Crippen molar-refractivity contribution in [2.24, 2.45) is 0 Å². The molecule has 0 bridgehead atoms. The molecule has 2 aliphatic rings. The molecule has 2 rings (SSSR count). The van der Waals surface area contributed by atoms with Gasteiger partial charge in [-0.25, -0.2) is 0 Å². The van der Waals surface area contributed by atoms with Gasteiger partial charge in [0.25, 0.3) is 0 Å². The second kappa shape index (κ2) is 13.6. The molecule has 196 valence electrons. The first-order valence-corrected chi connectivity index (χ1v) is 11.6. The summed E-state index contributed by atoms with van der Waals surface area (Å²) in [6, 6.07) is 0. The molecule has 0 aliphatic carbocycles. The van der Waals surface area contributed by atoms with Crippen molar-refractivity contribution in [1.29, 1.82) is 0 Å². The Hall–Kier alpha value is -0.480. The van der Waals surface area contributed by atoms with Crippen molar-refractivity contribution < 1.29 is 59.4 Å². The van der Waals surface area contributed by atoms with Crippen molar-refractivity contribution in [3.63, 3.8) is 0 Å². The van der Waals surface area contributed by atoms with Crippen LogP contribution in [0.4, 0.5) is 0 Å². The number of rotatable bonds is 13. The SMILES string of the molecule is CCCCCCCCOC[C@H]1O[C@](OC)(O[C@H]2O[C@H](CO)[C@@H](O)[C@H](O)[C@H]2O)[C@H](O)[C@@H](O)[C@@H]1O. The smallest absolute Gasteiger partial charge is 0.315 e. The van der Waals surface area contributed by atoms with Crippen LogP contribution in [0.25, 0.3) is 0 Å². The van der Waals surface area contributed by atoms with Gasteiger partial charge in [0.15, 0.2) is 12.4 Å². The zero-order valence-electron chi connectivity index (χ0n) is 19.2. The molecule has 0 aromatic rings. The maximum Gasteiger partial charge on any atom is 0.315 e. The van der Waals surface area contributed by atoms with Gasteiger partial charge in [0.1, 0.15) is 42.7 Å². The molecule has 2 aliphatic heterocycles. The van der Waals surface area contributed by atoms with E-state index < -0.39 is 67.7 Å². The van der Waals surface area contributed by atoms with Crippen LogP contribution < -0.4 is 0 Å². The summed E-state index contributed by atoms with van der Waals surface area (Å²) in [5, 5.41) is 70.7. The summed E-state index contributed by atoms with van der Waals surface area (Å²) in [6.45, 7) is 1.73. The summed E-state index contributed by atoms with van der Waals surface area (Å²) in [5.41, 5.74) is 0. The van der Waals surface area contributed by atoms with E-state index in [-0.39, 0.29) is 6.61 Å². The molecule has 0 radical (unpaired) electrons. The Morgan fingerprint density at radius 1 is 0.788 bits per heavy atom. The van der Waals surface area contributed by atoms with Gasteiger partial charge in [0.05, 0.1) is 13.2 Å². The molecule has 0 aromatic carbocycles. The highest BCUT2D eigenvalue weighted by Crippen LogP contribution is 2.35. The maximum atomic E-state index is 10.5. The number of methoxy groups -OCH3 is 1. The Kier molecular flexibility index (Phi) is 11.8. The fraction of sp³-hybridized carbons (Fsp3) is 1.00. The lowest BCUT2D eigenvalue weighted by Gasteiger charge is -2.49. The largest absolute Gasteiger partial charge is 0.394 e. The molecular formula is C21H40O12. The van der Waals surface area contributed by atoms with Crippen molar-refractivity contribution in [2.75, 3.05) is 26.9 Å². The highest BCUT2D eigenvalue weighted by atomic mass is 16.9. The van der Waals surface area contributed by atoms with Crippen molar-refractivity contribution in [1.82, 2.24) is 0 Å². The first kappa shape index (κ1) is 28.8. The van der Waals surface area contributed by atoms with Crippen molar-refractivity contribution in [3.05, 3.63) is 0 Å². The average molecular weight is 485 g/mol. The molecule has 0 unspecified atom stereocenters. The van der Waals surface area contributed by atoms with Crippen LogP contribution in [-0.2, 0) is 23.7 Å². The monoisotopic (exact) mass is 484 g/mol. The van der Waals surface area contributed by atoms with Gasteiger partial charge in [-0.05, 0) is 6.42 Å². The van der Waals surface area contributed by atoms with E-state index in [1.54, 1.807) is 0 Å². The Morgan fingerprint density at radius 2 is 1.42 bits per heavy atom. The first-order chi connectivity index (χ1) is 15.7. The van der Waals surface area contributed by atoms with Gasteiger partial charge in [-0.1, -0.05) is 39.0 Å². The van der Waals surface area contributed by atoms with Crippen LogP contribution in [-0.4, -0.2) is 124 Å². The number of ether oxygens (including phenoxy) is 5. The van der Waals surface area contributed by atoms with E-state index >= 15 is 0 Å². The number of unbranched alkanes of at least 4 members (excludes halogenated alkanes) is 5. The van der Waals surface area contributed by atoms with Gasteiger partial charge in [-0.2, -0.15) is 0 Å². The zero-order valence-corrected chi connectivity index (χ0v) is 19.2. The molecule has 12 heteroatoms. The quantitative estimate of drug-likeness (QED) is 0.112. The minimum Gasteiger partial charge on any atom is -0.394 e. The van der Waals surface area contributed by atoms with Crippen molar-refractivity contribution in [3.8, 4) is 0 Å². The van der Waals surface area contributed by atoms with E-state index in [1.807, 2.05) is 0 Å². The number of aliphatic hydroxyl groups is 7. The van der Waals surface area contributed by atoms with Gasteiger partial charge in [0.2, 0.25) is 0 Å². The highest BCUT2D eigenvalue weighted by molar-refractivity contribution is 4.95. The topological polar surface area (TPSA) is 188 Å². The number of hydrogen-bond donors (Lipinski definition) is 7. The Balaban J connectivity index is 2.00. The van der Waals surface area contributed by atoms with E-state index in [2.05, 4.69) is 6.92 Å². The third-order valence-electron chi connectivity index (χ3n) is 6.07. The van der Waals surface area contributed by atoms with E-state index in [4.69, 9.17) is 23.7 Å². The molecule has 7 N–H and O–H groups in total. The Bertz CT molecular complexity index is 551. The van der Waals surface area contributed by atoms with Crippen molar-refractivity contribution >= 4 is 0 Å². The van der Waals surface area contributed by atoms with E-state index in [0.29, 0.717) is 6.61 Å². The summed E-state index contributed by atoms with van der Waals surface area (Å²) >= 11 is 0. The molecule has 0 amide bonds. The summed E-state index contributed by atoms with van der Waals surface area (Å²) in [7, 11) is 1.10. The van der Waals surface area contributed by atoms with Gasteiger partial charge < -0.3 is 54.7 Å². The molecule has 10 atom stereocenters. The van der Waals surface area contributed by atoms with Crippen LogP contribution in [0, 0.1) is 0 Å². The second-order valence-corrected chi connectivity index (χ2v) is 8.55. The normalized spacial score (nSPS) is 41.9. The second-order valence-electron chi connectivity index (χ2n) is 8.55. The Labute approximate surface area is 193 Å². The molecule has 33 heavy (non-hydrogen) atoms. The number of aliphatic hydroxyl groups excluding tert-OH is 7. The average Bonchev–Trinajstić information content (AvgIpc) is 2.82. The zero-order chi connectivity index (χ0) is 24.6. The minimum atomic E-state index is -2.40. The molecule has 0 aromatic heterocycles. The van der Waals surface area contributed by atoms with Crippen LogP contribution in [0.2, 0.25) is 0 Å². The van der Waals surface area contributed by atoms with Crippen LogP contribution >= 0.6 is 0 Å². The molecule has 0 spiro atoms. The van der Waals surface area contributed by atoms with E-state index in [1.165, 1.54) is 6.42 Å². The molecular weight excluding hydrogens is 444 g/mol. The lowest BCUT2D eigenvalue weighted by molar-refractivity contribution is -0.494. The summed E-state index contributed by atoms with van der Waals surface area (Å²) in [6.07, 6.45) is -8.06. The highest BCUT2D eigenvalue weighted by Gasteiger charge is 2.58. The van der Waals surface area contributed by atoms with E-state index in [9.17, 15) is 35.7 Å². The maximum absolute atomic E-state index is 10.5. The molecule has 0 saturated carbocycles. The first-order valence-electron chi connectivity index (χ1n) is 11.6. The predicted octanol–water partition coefficient (Wildman–Crippen LogP) is -2.04. The third kappa shape index (κ3) is 7.03. The summed E-state index contributed by atoms with van der Waals surface area (Å²) in [4.78, 5) is 0. The molecule has 2 saturated heterocycles. The van der Waals surface area contributed by atoms with Crippen molar-refractivity contribution in [2.45, 2.75) is 107 Å². The molecule has 12 nitrogen and oxygen atoms in total. The fourth-order valence-corrected chi connectivity index (χ4v) is 3.92. The van der Waals surface area contributed by atoms with Gasteiger partial charge >= 0.3 is 5.97 Å². The molecule has 2 fully saturated rings. The van der Waals surface area contributed by atoms with Crippen LogP contribution in [0.1, 0.15) is 45.4 Å². The standard InChI is InChI=1S/C21H40O12/c1-3-4-5-6-7-8-9-30-11-13-15(24)17(26)19(28)21(29-2,32-13)33-20-18(27)16(25)14(23)12(10-22)31-20/h12-20,22-28H,3-11H2,1-2H3/t12-,13-,14-,15-,16+,17+,18-,19-,20-,21+/m1/s1. The van der Waals surface area contributed by atoms with Gasteiger partial charge in [0, 0.05) is 13.7 Å². The summed E-state index contributed by atoms with van der Waals surface area (Å²) in [5.74, 6) is -2.40. The lowest BCUT2D eigenvalue weighted by atomic mass is 9.97. The van der Waals surface area contributed by atoms with Crippen LogP contribution in [0.3, 0.4) is 0 Å². The predicted molar refractivity (Wildman–Crippen MR) is 112 cm³/mol. The van der Waals surface area contributed by atoms with Gasteiger partial charge in [-0.15, -0.1) is 0 Å². The number of hydrogen-bond acceptors (Lipinski definition) is 12. The van der Waals surface area contributed by atoms with Crippen LogP contribution in [0.5, 0.6) is 0 Å². The minimum absolute atomic E-state index is 0.136. The van der Waals surface area contributed by atoms with E-state index in [0.717, 1.165) is 39.2 Å². The molecule has 2 heterocycles. The summed E-state index contributed by atoms with van der Waals surface area (Å²) < 4.78 is 27.2.